The van der Waals surface area contributed by atoms with Gasteiger partial charge in [0.1, 0.15) is 24.6 Å². The number of benzene rings is 2. The average molecular weight is 623 g/mol. The summed E-state index contributed by atoms with van der Waals surface area (Å²) < 4.78 is 30.9. The highest BCUT2D eigenvalue weighted by molar-refractivity contribution is 6.05. The molecule has 2 unspecified atom stereocenters. The molecule has 2 atom stereocenters. The van der Waals surface area contributed by atoms with E-state index >= 15 is 0 Å². The second-order valence-electron chi connectivity index (χ2n) is 10.8. The van der Waals surface area contributed by atoms with E-state index in [1.165, 1.54) is 32.6 Å². The Hall–Kier alpha value is -6.12. The van der Waals surface area contributed by atoms with E-state index in [0.717, 1.165) is 22.7 Å². The first-order valence-corrected chi connectivity index (χ1v) is 14.2. The fraction of sp³-hybridized carbons (Fsp3) is 0.161. The fourth-order valence-electron chi connectivity index (χ4n) is 5.65. The molecule has 1 saturated heterocycles. The van der Waals surface area contributed by atoms with Gasteiger partial charge in [0.2, 0.25) is 11.8 Å². The SMILES string of the molecule is NC(=O)c1nn(CC(=O)N2CC(F)CC2C(=O)Nc2ccc3cnn(-c4ccc(F)cn4)c3c2)c2ccc(-c3ccnnc3)cc12. The van der Waals surface area contributed by atoms with Crippen molar-refractivity contribution in [1.82, 2.24) is 39.6 Å². The van der Waals surface area contributed by atoms with Crippen LogP contribution in [0.25, 0.3) is 38.8 Å². The molecule has 15 heteroatoms. The number of anilines is 1. The summed E-state index contributed by atoms with van der Waals surface area (Å²) in [6, 6.07) is 13.7. The van der Waals surface area contributed by atoms with Gasteiger partial charge in [-0.25, -0.2) is 18.4 Å². The van der Waals surface area contributed by atoms with E-state index < -0.39 is 35.8 Å². The molecule has 46 heavy (non-hydrogen) atoms. The van der Waals surface area contributed by atoms with Gasteiger partial charge in [0.25, 0.3) is 5.91 Å². The second kappa shape index (κ2) is 11.4. The van der Waals surface area contributed by atoms with E-state index in [1.807, 2.05) is 0 Å². The Kier molecular flexibility index (Phi) is 7.11. The maximum atomic E-state index is 14.7. The molecule has 0 bridgehead atoms. The molecule has 3 N–H and O–H groups in total. The normalized spacial score (nSPS) is 16.3. The van der Waals surface area contributed by atoms with Crippen LogP contribution in [0.2, 0.25) is 0 Å². The zero-order valence-corrected chi connectivity index (χ0v) is 23.9. The van der Waals surface area contributed by atoms with Crippen LogP contribution in [0.3, 0.4) is 0 Å². The average Bonchev–Trinajstić information content (AvgIpc) is 3.77. The molecule has 13 nitrogen and oxygen atoms in total. The maximum absolute atomic E-state index is 14.7. The predicted octanol–water partition coefficient (Wildman–Crippen LogP) is 3.04. The standard InChI is InChI=1S/C31H24F2N10O3/c32-20-3-6-27(35-14-20)43-25-11-22(4-1-19(25)13-38-43)39-31(46)26-10-21(33)15-41(26)28(44)16-42-24-5-2-17(18-7-8-36-37-12-18)9-23(24)29(40-42)30(34)45/h1-9,11-14,21,26H,10,15-16H2,(H2,34,45)(H,39,46). The number of rotatable bonds is 7. The first-order valence-electron chi connectivity index (χ1n) is 14.2. The maximum Gasteiger partial charge on any atom is 0.269 e. The molecule has 4 aromatic heterocycles. The lowest BCUT2D eigenvalue weighted by molar-refractivity contribution is -0.137. The number of halogens is 2. The molecular weight excluding hydrogens is 598 g/mol. The van der Waals surface area contributed by atoms with Crippen molar-refractivity contribution in [2.24, 2.45) is 5.73 Å². The minimum atomic E-state index is -1.42. The molecule has 1 aliphatic rings. The lowest BCUT2D eigenvalue weighted by Crippen LogP contribution is -2.44. The van der Waals surface area contributed by atoms with Crippen LogP contribution in [0, 0.1) is 5.82 Å². The van der Waals surface area contributed by atoms with Gasteiger partial charge in [-0.3, -0.25) is 19.1 Å². The quantitative estimate of drug-likeness (QED) is 0.274. The number of pyridine rings is 1. The first-order chi connectivity index (χ1) is 22.2. The lowest BCUT2D eigenvalue weighted by Gasteiger charge is -2.23. The smallest absolute Gasteiger partial charge is 0.269 e. The Morgan fingerprint density at radius 2 is 1.83 bits per heavy atom. The van der Waals surface area contributed by atoms with Crippen LogP contribution in [-0.2, 0) is 16.1 Å². The van der Waals surface area contributed by atoms with E-state index in [4.69, 9.17) is 5.73 Å². The van der Waals surface area contributed by atoms with Gasteiger partial charge in [-0.2, -0.15) is 20.4 Å². The third kappa shape index (κ3) is 5.27. The number of hydrogen-bond acceptors (Lipinski definition) is 8. The van der Waals surface area contributed by atoms with Gasteiger partial charge < -0.3 is 16.0 Å². The van der Waals surface area contributed by atoms with Crippen LogP contribution in [-0.4, -0.2) is 76.1 Å². The summed E-state index contributed by atoms with van der Waals surface area (Å²) >= 11 is 0. The summed E-state index contributed by atoms with van der Waals surface area (Å²) in [4.78, 5) is 44.5. The number of nitrogens with zero attached hydrogens (tertiary/aromatic N) is 8. The number of carbonyl (C=O) groups is 3. The molecule has 0 saturated carbocycles. The van der Waals surface area contributed by atoms with Crippen LogP contribution in [0.4, 0.5) is 14.5 Å². The summed E-state index contributed by atoms with van der Waals surface area (Å²) in [5.41, 5.74) is 8.52. The number of likely N-dealkylation sites (tertiary alicyclic amines) is 1. The summed E-state index contributed by atoms with van der Waals surface area (Å²) in [7, 11) is 0. The van der Waals surface area contributed by atoms with Crippen LogP contribution in [0.15, 0.2) is 79.4 Å². The number of carbonyl (C=O) groups excluding carboxylic acids is 3. The third-order valence-corrected chi connectivity index (χ3v) is 7.83. The molecule has 0 radical (unpaired) electrons. The largest absolute Gasteiger partial charge is 0.364 e. The highest BCUT2D eigenvalue weighted by atomic mass is 19.1. The van der Waals surface area contributed by atoms with Gasteiger partial charge in [-0.1, -0.05) is 6.07 Å². The van der Waals surface area contributed by atoms with Gasteiger partial charge in [0, 0.05) is 28.4 Å². The predicted molar refractivity (Wildman–Crippen MR) is 162 cm³/mol. The van der Waals surface area contributed by atoms with Gasteiger partial charge in [0.15, 0.2) is 11.5 Å². The summed E-state index contributed by atoms with van der Waals surface area (Å²) in [6.45, 7) is -0.633. The van der Waals surface area contributed by atoms with Gasteiger partial charge in [-0.15, -0.1) is 0 Å². The van der Waals surface area contributed by atoms with Crippen LogP contribution in [0.5, 0.6) is 0 Å². The minimum Gasteiger partial charge on any atom is -0.364 e. The Balaban J connectivity index is 1.12. The number of hydrogen-bond donors (Lipinski definition) is 2. The van der Waals surface area contributed by atoms with Crippen molar-refractivity contribution in [3.8, 4) is 16.9 Å². The molecule has 6 aromatic rings. The number of primary amides is 1. The molecular formula is C31H24F2N10O3. The molecule has 1 fully saturated rings. The van der Waals surface area contributed by atoms with Gasteiger partial charge in [0.05, 0.1) is 42.4 Å². The lowest BCUT2D eigenvalue weighted by atomic mass is 10.0. The van der Waals surface area contributed by atoms with E-state index in [0.29, 0.717) is 27.9 Å². The third-order valence-electron chi connectivity index (χ3n) is 7.83. The highest BCUT2D eigenvalue weighted by Crippen LogP contribution is 2.28. The van der Waals surface area contributed by atoms with Crippen LogP contribution >= 0.6 is 0 Å². The van der Waals surface area contributed by atoms with Crippen molar-refractivity contribution >= 4 is 45.2 Å². The molecule has 1 aliphatic heterocycles. The Bertz CT molecular complexity index is 2130. The molecule has 0 spiro atoms. The zero-order chi connectivity index (χ0) is 31.9. The minimum absolute atomic E-state index is 0.0313. The van der Waals surface area contributed by atoms with Crippen molar-refractivity contribution in [2.75, 3.05) is 11.9 Å². The Morgan fingerprint density at radius 3 is 2.59 bits per heavy atom. The molecule has 230 valence electrons. The number of nitrogens with two attached hydrogens (primary N) is 1. The van der Waals surface area contributed by atoms with E-state index in [1.54, 1.807) is 54.9 Å². The molecule has 7 rings (SSSR count). The van der Waals surface area contributed by atoms with E-state index in [9.17, 15) is 23.2 Å². The number of aromatic nitrogens is 7. The van der Waals surface area contributed by atoms with Crippen molar-refractivity contribution in [2.45, 2.75) is 25.2 Å². The fourth-order valence-corrected chi connectivity index (χ4v) is 5.65. The zero-order valence-electron chi connectivity index (χ0n) is 23.9. The number of amides is 3. The molecule has 3 amide bonds. The summed E-state index contributed by atoms with van der Waals surface area (Å²) in [6.07, 6.45) is 4.19. The topological polar surface area (TPSA) is 167 Å². The Morgan fingerprint density at radius 1 is 0.957 bits per heavy atom. The monoisotopic (exact) mass is 622 g/mol. The molecule has 0 aliphatic carbocycles. The van der Waals surface area contributed by atoms with Crippen LogP contribution < -0.4 is 11.1 Å². The summed E-state index contributed by atoms with van der Waals surface area (Å²) in [5, 5.41) is 20.2. The second-order valence-corrected chi connectivity index (χ2v) is 10.8. The number of alkyl halides is 1. The molecule has 5 heterocycles. The van der Waals surface area contributed by atoms with E-state index in [2.05, 4.69) is 30.7 Å². The Labute approximate surface area is 258 Å². The number of fused-ring (bicyclic) bond motifs is 2. The van der Waals surface area contributed by atoms with Gasteiger partial charge in [-0.05, 0) is 54.1 Å². The molecule has 2 aromatic carbocycles. The highest BCUT2D eigenvalue weighted by Gasteiger charge is 2.40. The first kappa shape index (κ1) is 28.6. The number of nitrogens with one attached hydrogen (secondary N) is 1. The van der Waals surface area contributed by atoms with Gasteiger partial charge >= 0.3 is 0 Å². The van der Waals surface area contributed by atoms with Crippen molar-refractivity contribution in [3.63, 3.8) is 0 Å². The van der Waals surface area contributed by atoms with Crippen molar-refractivity contribution in [1.29, 1.82) is 0 Å². The van der Waals surface area contributed by atoms with Crippen molar-refractivity contribution in [3.05, 3.63) is 90.9 Å². The van der Waals surface area contributed by atoms with Crippen molar-refractivity contribution < 1.29 is 23.2 Å². The van der Waals surface area contributed by atoms with Crippen LogP contribution in [0.1, 0.15) is 16.9 Å². The summed E-state index contributed by atoms with van der Waals surface area (Å²) in [5.74, 6) is -2.02. The van der Waals surface area contributed by atoms with E-state index in [-0.39, 0.29) is 25.2 Å².